The largest absolute Gasteiger partial charge is 0.436 e. The molecule has 0 aliphatic carbocycles. The van der Waals surface area contributed by atoms with Gasteiger partial charge in [-0.05, 0) is 93.7 Å². The summed E-state index contributed by atoms with van der Waals surface area (Å²) in [6.07, 6.45) is 0. The molecule has 0 atom stereocenters. The molecular weight excluding hydrogens is 641 g/mol. The number of anilines is 3. The number of nitrogens with zero attached hydrogens (tertiary/aromatic N) is 2. The second-order valence-corrected chi connectivity index (χ2v) is 13.9. The highest BCUT2D eigenvalue weighted by molar-refractivity contribution is 7.26. The molecule has 240 valence electrons. The van der Waals surface area contributed by atoms with Gasteiger partial charge < -0.3 is 9.32 Å². The quantitative estimate of drug-likeness (QED) is 0.176. The van der Waals surface area contributed by atoms with Crippen molar-refractivity contribution in [3.63, 3.8) is 0 Å². The van der Waals surface area contributed by atoms with Crippen LogP contribution in [0.5, 0.6) is 0 Å². The van der Waals surface area contributed by atoms with Crippen molar-refractivity contribution in [1.82, 2.24) is 4.98 Å². The lowest BCUT2D eigenvalue weighted by atomic mass is 9.97. The second kappa shape index (κ2) is 12.1. The molecule has 2 aromatic heterocycles. The van der Waals surface area contributed by atoms with Crippen LogP contribution in [0, 0.1) is 0 Å². The van der Waals surface area contributed by atoms with E-state index in [1.807, 2.05) is 24.3 Å². The third-order valence-electron chi connectivity index (χ3n) is 9.70. The van der Waals surface area contributed by atoms with Crippen LogP contribution in [0.1, 0.15) is 0 Å². The predicted molar refractivity (Wildman–Crippen MR) is 215 cm³/mol. The Morgan fingerprint density at radius 1 is 0.451 bits per heavy atom. The number of aromatic nitrogens is 1. The van der Waals surface area contributed by atoms with E-state index < -0.39 is 0 Å². The van der Waals surface area contributed by atoms with Crippen LogP contribution in [-0.4, -0.2) is 4.98 Å². The first-order chi connectivity index (χ1) is 25.3. The van der Waals surface area contributed by atoms with Gasteiger partial charge in [0.25, 0.3) is 0 Å². The van der Waals surface area contributed by atoms with E-state index in [4.69, 9.17) is 9.40 Å². The van der Waals surface area contributed by atoms with Gasteiger partial charge in [0, 0.05) is 42.8 Å². The fourth-order valence-electron chi connectivity index (χ4n) is 7.29. The normalized spacial score (nSPS) is 11.5. The number of rotatable bonds is 6. The van der Waals surface area contributed by atoms with Crippen molar-refractivity contribution in [3.05, 3.63) is 182 Å². The SMILES string of the molecule is c1ccc(-c2ccc(N(c3cccc(-c4cccc5ccccc45)c3)c3ccc4c(c3)sc3cccc(-c5nc6ccccc6o5)c34)cc2)cc1. The van der Waals surface area contributed by atoms with Gasteiger partial charge in [-0.1, -0.05) is 121 Å². The van der Waals surface area contributed by atoms with Gasteiger partial charge in [-0.2, -0.15) is 0 Å². The molecule has 3 nitrogen and oxygen atoms in total. The average molecular weight is 671 g/mol. The van der Waals surface area contributed by atoms with Gasteiger partial charge in [-0.3, -0.25) is 0 Å². The summed E-state index contributed by atoms with van der Waals surface area (Å²) in [7, 11) is 0. The Labute approximate surface area is 299 Å². The summed E-state index contributed by atoms with van der Waals surface area (Å²) in [5.74, 6) is 0.649. The Kier molecular flexibility index (Phi) is 7.00. The van der Waals surface area contributed by atoms with Crippen LogP contribution in [0.25, 0.3) is 75.8 Å². The van der Waals surface area contributed by atoms with Crippen molar-refractivity contribution in [2.45, 2.75) is 0 Å². The van der Waals surface area contributed by atoms with E-state index in [-0.39, 0.29) is 0 Å². The van der Waals surface area contributed by atoms with Crippen LogP contribution in [-0.2, 0) is 0 Å². The van der Waals surface area contributed by atoms with Crippen LogP contribution < -0.4 is 4.90 Å². The Morgan fingerprint density at radius 2 is 1.14 bits per heavy atom. The van der Waals surface area contributed by atoms with E-state index in [9.17, 15) is 0 Å². The predicted octanol–water partition coefficient (Wildman–Crippen LogP) is 13.8. The smallest absolute Gasteiger partial charge is 0.227 e. The van der Waals surface area contributed by atoms with Crippen molar-refractivity contribution in [2.75, 3.05) is 4.90 Å². The zero-order valence-corrected chi connectivity index (χ0v) is 28.3. The van der Waals surface area contributed by atoms with E-state index in [1.54, 1.807) is 11.3 Å². The van der Waals surface area contributed by atoms with Crippen LogP contribution in [0.2, 0.25) is 0 Å². The lowest BCUT2D eigenvalue weighted by Crippen LogP contribution is -2.10. The molecule has 0 aliphatic heterocycles. The maximum Gasteiger partial charge on any atom is 0.227 e. The first-order valence-electron chi connectivity index (χ1n) is 17.1. The van der Waals surface area contributed by atoms with Gasteiger partial charge in [-0.25, -0.2) is 4.98 Å². The van der Waals surface area contributed by atoms with Crippen LogP contribution in [0.3, 0.4) is 0 Å². The molecule has 0 bridgehead atoms. The summed E-state index contributed by atoms with van der Waals surface area (Å²) in [6.45, 7) is 0. The summed E-state index contributed by atoms with van der Waals surface area (Å²) < 4.78 is 8.68. The average Bonchev–Trinajstić information content (AvgIpc) is 3.80. The number of benzene rings is 8. The Bertz CT molecular complexity index is 2830. The molecule has 4 heteroatoms. The second-order valence-electron chi connectivity index (χ2n) is 12.8. The summed E-state index contributed by atoms with van der Waals surface area (Å²) >= 11 is 1.80. The molecule has 8 aromatic carbocycles. The molecule has 0 fully saturated rings. The van der Waals surface area contributed by atoms with E-state index in [0.29, 0.717) is 5.89 Å². The molecular formula is C47H30N2OS. The minimum absolute atomic E-state index is 0.649. The third kappa shape index (κ3) is 5.16. The molecule has 0 aliphatic rings. The van der Waals surface area contributed by atoms with Crippen molar-refractivity contribution >= 4 is 70.4 Å². The van der Waals surface area contributed by atoms with Crippen molar-refractivity contribution in [1.29, 1.82) is 0 Å². The number of hydrogen-bond acceptors (Lipinski definition) is 4. The summed E-state index contributed by atoms with van der Waals surface area (Å²) in [4.78, 5) is 7.23. The van der Waals surface area contributed by atoms with Gasteiger partial charge in [0.2, 0.25) is 5.89 Å². The summed E-state index contributed by atoms with van der Waals surface area (Å²) in [5, 5.41) is 4.85. The monoisotopic (exact) mass is 670 g/mol. The topological polar surface area (TPSA) is 29.3 Å². The number of hydrogen-bond donors (Lipinski definition) is 0. The molecule has 0 radical (unpaired) electrons. The summed E-state index contributed by atoms with van der Waals surface area (Å²) in [6, 6.07) is 64.7. The van der Waals surface area contributed by atoms with Gasteiger partial charge in [0.1, 0.15) is 5.52 Å². The van der Waals surface area contributed by atoms with E-state index >= 15 is 0 Å². The van der Waals surface area contributed by atoms with Crippen LogP contribution >= 0.6 is 11.3 Å². The fraction of sp³-hybridized carbons (Fsp3) is 0. The maximum absolute atomic E-state index is 6.26. The summed E-state index contributed by atoms with van der Waals surface area (Å²) in [5.41, 5.74) is 10.8. The standard InChI is InChI=1S/C47H30N2OS/c1-2-11-31(12-3-1)32-23-25-35(26-24-32)49(36-16-8-15-34(29-36)39-18-9-14-33-13-4-5-17-38(33)39)37-27-28-40-45(30-37)51-44-22-10-19-41(46(40)44)47-48-42-20-6-7-21-43(42)50-47/h1-30H. The van der Waals surface area contributed by atoms with Crippen LogP contribution in [0.4, 0.5) is 17.1 Å². The Balaban J connectivity index is 1.13. The molecule has 0 spiro atoms. The first-order valence-corrected chi connectivity index (χ1v) is 17.9. The number of fused-ring (bicyclic) bond motifs is 5. The Hall–Kier alpha value is -6.49. The maximum atomic E-state index is 6.26. The van der Waals surface area contributed by atoms with Gasteiger partial charge in [0.15, 0.2) is 5.58 Å². The lowest BCUT2D eigenvalue weighted by molar-refractivity contribution is 0.620. The molecule has 51 heavy (non-hydrogen) atoms. The fourth-order valence-corrected chi connectivity index (χ4v) is 8.45. The van der Waals surface area contributed by atoms with Crippen LogP contribution in [0.15, 0.2) is 186 Å². The van der Waals surface area contributed by atoms with E-state index in [0.717, 1.165) is 33.7 Å². The number of thiophene rings is 1. The van der Waals surface area contributed by atoms with Crippen molar-refractivity contribution < 1.29 is 4.42 Å². The minimum Gasteiger partial charge on any atom is -0.436 e. The highest BCUT2D eigenvalue weighted by atomic mass is 32.1. The minimum atomic E-state index is 0.649. The zero-order chi connectivity index (χ0) is 33.7. The molecule has 0 unspecified atom stereocenters. The molecule has 0 saturated carbocycles. The highest BCUT2D eigenvalue weighted by Gasteiger charge is 2.19. The third-order valence-corrected chi connectivity index (χ3v) is 10.8. The molecule has 0 saturated heterocycles. The van der Waals surface area contributed by atoms with Gasteiger partial charge >= 0.3 is 0 Å². The first kappa shape index (κ1) is 29.4. The van der Waals surface area contributed by atoms with E-state index in [1.165, 1.54) is 53.2 Å². The van der Waals surface area contributed by atoms with Crippen molar-refractivity contribution in [2.24, 2.45) is 0 Å². The lowest BCUT2D eigenvalue weighted by Gasteiger charge is -2.26. The number of oxazole rings is 1. The van der Waals surface area contributed by atoms with Gasteiger partial charge in [-0.15, -0.1) is 11.3 Å². The molecule has 2 heterocycles. The van der Waals surface area contributed by atoms with Gasteiger partial charge in [0.05, 0.1) is 0 Å². The number of para-hydroxylation sites is 2. The molecule has 0 amide bonds. The molecule has 10 aromatic rings. The van der Waals surface area contributed by atoms with Crippen molar-refractivity contribution in [3.8, 4) is 33.7 Å². The highest BCUT2D eigenvalue weighted by Crippen LogP contribution is 2.44. The Morgan fingerprint density at radius 3 is 2.04 bits per heavy atom. The zero-order valence-electron chi connectivity index (χ0n) is 27.5. The molecule has 0 N–H and O–H groups in total. The molecule has 10 rings (SSSR count). The van der Waals surface area contributed by atoms with E-state index in [2.05, 4.69) is 163 Å².